The number of allylic oxidation sites excluding steroid dienone is 17. The zero-order chi connectivity index (χ0) is 59.3. The number of hydrogen-bond acceptors (Lipinski definition) is 8. The third-order valence-corrected chi connectivity index (χ3v) is 15.6. The van der Waals surface area contributed by atoms with Gasteiger partial charge in [0.2, 0.25) is 5.91 Å². The molecule has 0 aliphatic carbocycles. The molecule has 1 heterocycles. The maximum absolute atomic E-state index is 13.1. The summed E-state index contributed by atoms with van der Waals surface area (Å²) >= 11 is 0. The Morgan fingerprint density at radius 1 is 0.427 bits per heavy atom. The van der Waals surface area contributed by atoms with Crippen LogP contribution in [-0.4, -0.2) is 87.5 Å². The Morgan fingerprint density at radius 2 is 0.768 bits per heavy atom. The molecule has 0 radical (unpaired) electrons. The predicted octanol–water partition coefficient (Wildman–Crippen LogP) is 18.5. The number of aliphatic hydroxyl groups is 5. The summed E-state index contributed by atoms with van der Waals surface area (Å²) in [6.45, 7) is 3.66. The van der Waals surface area contributed by atoms with Gasteiger partial charge in [-0.05, 0) is 96.3 Å². The highest BCUT2D eigenvalue weighted by atomic mass is 16.7. The third-order valence-electron chi connectivity index (χ3n) is 15.6. The Bertz CT molecular complexity index is 1660. The van der Waals surface area contributed by atoms with Crippen LogP contribution < -0.4 is 5.32 Å². The summed E-state index contributed by atoms with van der Waals surface area (Å²) in [5, 5.41) is 54.7. The van der Waals surface area contributed by atoms with Crippen molar-refractivity contribution in [2.24, 2.45) is 0 Å². The van der Waals surface area contributed by atoms with E-state index in [0.717, 1.165) is 83.5 Å². The number of carbonyl (C=O) groups is 1. The molecule has 0 aromatic carbocycles. The van der Waals surface area contributed by atoms with Gasteiger partial charge in [0.15, 0.2) is 6.29 Å². The molecule has 0 saturated carbocycles. The van der Waals surface area contributed by atoms with Gasteiger partial charge in [-0.3, -0.25) is 4.79 Å². The minimum atomic E-state index is -1.58. The molecule has 1 aliphatic heterocycles. The van der Waals surface area contributed by atoms with Crippen molar-refractivity contribution in [2.45, 2.75) is 333 Å². The van der Waals surface area contributed by atoms with E-state index in [2.05, 4.69) is 116 Å². The monoisotopic (exact) mass is 1150 g/mol. The van der Waals surface area contributed by atoms with Crippen LogP contribution in [0.2, 0.25) is 0 Å². The molecule has 0 aromatic rings. The quantitative estimate of drug-likeness (QED) is 0.0261. The molecule has 472 valence electrons. The Balaban J connectivity index is 2.16. The Morgan fingerprint density at radius 3 is 1.17 bits per heavy atom. The molecule has 6 N–H and O–H groups in total. The minimum Gasteiger partial charge on any atom is -0.394 e. The van der Waals surface area contributed by atoms with E-state index in [1.54, 1.807) is 6.08 Å². The van der Waals surface area contributed by atoms with Gasteiger partial charge in [-0.25, -0.2) is 0 Å². The van der Waals surface area contributed by atoms with Gasteiger partial charge in [0.25, 0.3) is 0 Å². The lowest BCUT2D eigenvalue weighted by molar-refractivity contribution is -0.302. The van der Waals surface area contributed by atoms with Gasteiger partial charge >= 0.3 is 0 Å². The summed E-state index contributed by atoms with van der Waals surface area (Å²) in [7, 11) is 0. The van der Waals surface area contributed by atoms with Gasteiger partial charge in [0.1, 0.15) is 24.4 Å². The van der Waals surface area contributed by atoms with E-state index >= 15 is 0 Å². The first-order chi connectivity index (χ1) is 40.3. The van der Waals surface area contributed by atoms with Crippen LogP contribution >= 0.6 is 0 Å². The van der Waals surface area contributed by atoms with Crippen molar-refractivity contribution in [3.8, 4) is 0 Å². The molecule has 0 spiro atoms. The number of hydrogen-bond donors (Lipinski definition) is 6. The van der Waals surface area contributed by atoms with E-state index in [0.29, 0.717) is 6.42 Å². The van der Waals surface area contributed by atoms with Crippen LogP contribution in [0.3, 0.4) is 0 Å². The highest BCUT2D eigenvalue weighted by Crippen LogP contribution is 2.23. The van der Waals surface area contributed by atoms with Crippen molar-refractivity contribution in [1.29, 1.82) is 0 Å². The molecule has 7 unspecified atom stereocenters. The normalized spacial score (nSPS) is 19.0. The molecule has 82 heavy (non-hydrogen) atoms. The molecule has 1 saturated heterocycles. The van der Waals surface area contributed by atoms with Gasteiger partial charge in [0.05, 0.1) is 25.4 Å². The number of rotatable bonds is 58. The largest absolute Gasteiger partial charge is 0.394 e. The highest BCUT2D eigenvalue weighted by Gasteiger charge is 2.44. The van der Waals surface area contributed by atoms with Crippen LogP contribution in [-0.2, 0) is 14.3 Å². The Kier molecular flexibility index (Phi) is 57.1. The Labute approximate surface area is 504 Å². The van der Waals surface area contributed by atoms with Crippen molar-refractivity contribution < 1.29 is 39.8 Å². The first-order valence-corrected chi connectivity index (χ1v) is 34.1. The zero-order valence-corrected chi connectivity index (χ0v) is 52.7. The van der Waals surface area contributed by atoms with Gasteiger partial charge in [-0.15, -0.1) is 0 Å². The summed E-state index contributed by atoms with van der Waals surface area (Å²) in [5.74, 6) is -0.191. The van der Waals surface area contributed by atoms with E-state index in [1.807, 2.05) is 6.08 Å². The molecule has 9 heteroatoms. The second-order valence-corrected chi connectivity index (χ2v) is 23.2. The summed E-state index contributed by atoms with van der Waals surface area (Å²) in [4.78, 5) is 13.1. The van der Waals surface area contributed by atoms with Crippen LogP contribution in [0.5, 0.6) is 0 Å². The Hall–Kier alpha value is -3.15. The van der Waals surface area contributed by atoms with Crippen molar-refractivity contribution in [2.75, 3.05) is 13.2 Å². The number of carbonyl (C=O) groups excluding carboxylic acids is 1. The number of unbranched alkanes of at least 4 members (excludes halogenated alkanes) is 32. The van der Waals surface area contributed by atoms with E-state index < -0.39 is 49.5 Å². The first-order valence-electron chi connectivity index (χ1n) is 34.1. The fraction of sp³-hybridized carbons (Fsp3) is 0.740. The van der Waals surface area contributed by atoms with Crippen LogP contribution in [0, 0.1) is 0 Å². The summed E-state index contributed by atoms with van der Waals surface area (Å²) < 4.78 is 11.3. The predicted molar refractivity (Wildman–Crippen MR) is 350 cm³/mol. The van der Waals surface area contributed by atoms with Gasteiger partial charge in [-0.2, -0.15) is 0 Å². The molecule has 7 atom stereocenters. The maximum Gasteiger partial charge on any atom is 0.220 e. The molecule has 1 fully saturated rings. The molecule has 0 aromatic heterocycles. The second-order valence-electron chi connectivity index (χ2n) is 23.2. The van der Waals surface area contributed by atoms with Gasteiger partial charge < -0.3 is 40.3 Å². The lowest BCUT2D eigenvalue weighted by atomic mass is 9.99. The van der Waals surface area contributed by atoms with Crippen LogP contribution in [0.15, 0.2) is 109 Å². The molecule has 1 aliphatic rings. The summed E-state index contributed by atoms with van der Waals surface area (Å²) in [6.07, 6.45) is 83.3. The topological polar surface area (TPSA) is 149 Å². The molecule has 1 rings (SSSR count). The van der Waals surface area contributed by atoms with Crippen LogP contribution in [0.4, 0.5) is 0 Å². The average molecular weight is 1150 g/mol. The fourth-order valence-corrected chi connectivity index (χ4v) is 10.3. The van der Waals surface area contributed by atoms with E-state index in [1.165, 1.54) is 186 Å². The first kappa shape index (κ1) is 76.9. The number of ether oxygens (including phenoxy) is 2. The molecule has 9 nitrogen and oxygen atoms in total. The molecule has 1 amide bonds. The van der Waals surface area contributed by atoms with E-state index in [4.69, 9.17) is 9.47 Å². The van der Waals surface area contributed by atoms with Crippen molar-refractivity contribution in [3.63, 3.8) is 0 Å². The lowest BCUT2D eigenvalue weighted by Gasteiger charge is -2.40. The minimum absolute atomic E-state index is 0.191. The maximum atomic E-state index is 13.1. The van der Waals surface area contributed by atoms with Crippen molar-refractivity contribution in [3.05, 3.63) is 109 Å². The van der Waals surface area contributed by atoms with Crippen LogP contribution in [0.25, 0.3) is 0 Å². The molecular formula is C73H127NO8. The van der Waals surface area contributed by atoms with Crippen molar-refractivity contribution >= 4 is 5.91 Å². The van der Waals surface area contributed by atoms with Gasteiger partial charge in [0, 0.05) is 6.42 Å². The van der Waals surface area contributed by atoms with Crippen LogP contribution in [0.1, 0.15) is 290 Å². The van der Waals surface area contributed by atoms with Crippen molar-refractivity contribution in [1.82, 2.24) is 5.32 Å². The molecule has 0 bridgehead atoms. The van der Waals surface area contributed by atoms with Gasteiger partial charge in [-0.1, -0.05) is 297 Å². The number of aliphatic hydroxyl groups excluding tert-OH is 5. The SMILES string of the molecule is CC/C=C\C/C=C\C/C=C\C/C=C\C/C=C\C/C=C\CCCCCCCCCCCCCCCCCCC(=O)NC(COC1OC(CO)C(O)C(O)C1O)C(O)/C=C/CC/C=C/CC/C=C/CCCCCCCCCCCCCCCC. The summed E-state index contributed by atoms with van der Waals surface area (Å²) in [6, 6.07) is -0.835. The zero-order valence-electron chi connectivity index (χ0n) is 52.7. The molecular weight excluding hydrogens is 1020 g/mol. The lowest BCUT2D eigenvalue weighted by Crippen LogP contribution is -2.60. The third kappa shape index (κ3) is 49.1. The summed E-state index contributed by atoms with van der Waals surface area (Å²) in [5.41, 5.74) is 0. The van der Waals surface area contributed by atoms with E-state index in [9.17, 15) is 30.3 Å². The van der Waals surface area contributed by atoms with E-state index in [-0.39, 0.29) is 12.5 Å². The smallest absolute Gasteiger partial charge is 0.220 e. The standard InChI is InChI=1S/C73H127NO8/c1-3-5-7-9-11-13-15-17-19-21-23-25-27-29-30-31-32-33-34-35-36-37-38-39-41-43-45-47-49-51-53-55-57-59-61-63-69(77)74-66(65-81-73-72(80)71(79)70(78)68(64-75)82-73)67(76)62-60-58-56-54-52-50-48-46-44-42-40-28-26-24-22-20-18-16-14-12-10-8-6-4-2/h5,7,11,13,17,19,23,25,29-30,32-33,44,46,52,54,60,62,66-68,70-73,75-76,78-80H,3-4,6,8-10,12,14-16,18,20-22,24,26-28,31,34-43,45,47-51,53,55-59,61,63-65H2,1-2H3,(H,74,77)/b7-5-,13-11-,19-17-,25-23-,30-29-,33-32-,46-44+,54-52+,62-60+. The second kappa shape index (κ2) is 61.0. The number of amides is 1. The fourth-order valence-electron chi connectivity index (χ4n) is 10.3. The highest BCUT2D eigenvalue weighted by molar-refractivity contribution is 5.76. The number of nitrogens with one attached hydrogen (secondary N) is 1. The average Bonchev–Trinajstić information content (AvgIpc) is 3.52.